The van der Waals surface area contributed by atoms with Crippen molar-refractivity contribution < 1.29 is 4.79 Å². The Morgan fingerprint density at radius 1 is 1.03 bits per heavy atom. The Hall–Kier alpha value is -5.25. The topological polar surface area (TPSA) is 120 Å². The number of hydrogen-bond donors (Lipinski definition) is 3. The predicted molar refractivity (Wildman–Crippen MR) is 150 cm³/mol. The van der Waals surface area contributed by atoms with E-state index in [2.05, 4.69) is 30.6 Å². The van der Waals surface area contributed by atoms with Crippen molar-refractivity contribution in [1.29, 1.82) is 0 Å². The molecule has 192 valence electrons. The van der Waals surface area contributed by atoms with E-state index >= 15 is 0 Å². The molecule has 1 aliphatic heterocycles. The third kappa shape index (κ3) is 3.68. The number of nitrogens with one attached hydrogen (secondary N) is 3. The Morgan fingerprint density at radius 3 is 2.69 bits per heavy atom. The molecule has 0 fully saturated rings. The van der Waals surface area contributed by atoms with E-state index in [9.17, 15) is 4.79 Å². The van der Waals surface area contributed by atoms with Gasteiger partial charge in [-0.1, -0.05) is 30.3 Å². The molecule has 5 heterocycles. The number of aryl methyl sites for hydroxylation is 3. The van der Waals surface area contributed by atoms with Crippen molar-refractivity contribution in [2.24, 2.45) is 7.05 Å². The van der Waals surface area contributed by atoms with Gasteiger partial charge in [0, 0.05) is 53.9 Å². The van der Waals surface area contributed by atoms with Crippen LogP contribution >= 0.6 is 0 Å². The van der Waals surface area contributed by atoms with Crippen LogP contribution in [0.4, 0.5) is 17.5 Å². The summed E-state index contributed by atoms with van der Waals surface area (Å²) in [6, 6.07) is 13.9. The molecule has 7 rings (SSSR count). The van der Waals surface area contributed by atoms with E-state index in [0.29, 0.717) is 18.3 Å². The third-order valence-corrected chi connectivity index (χ3v) is 7.31. The van der Waals surface area contributed by atoms with Crippen LogP contribution in [0.2, 0.25) is 0 Å². The molecule has 0 atom stereocenters. The van der Waals surface area contributed by atoms with Crippen LogP contribution in [0.25, 0.3) is 33.3 Å². The number of amides is 1. The molecule has 6 aromatic rings. The van der Waals surface area contributed by atoms with E-state index in [1.165, 1.54) is 0 Å². The van der Waals surface area contributed by atoms with Crippen LogP contribution in [0.1, 0.15) is 27.2 Å². The molecule has 10 nitrogen and oxygen atoms in total. The Bertz CT molecular complexity index is 1860. The second-order valence-electron chi connectivity index (χ2n) is 9.76. The highest BCUT2D eigenvalue weighted by Crippen LogP contribution is 2.39. The number of carbonyl (C=O) groups is 1. The van der Waals surface area contributed by atoms with E-state index in [0.717, 1.165) is 61.4 Å². The summed E-state index contributed by atoms with van der Waals surface area (Å²) in [7, 11) is 1.90. The van der Waals surface area contributed by atoms with Gasteiger partial charge in [-0.2, -0.15) is 10.2 Å². The lowest BCUT2D eigenvalue weighted by Crippen LogP contribution is -2.23. The molecule has 39 heavy (non-hydrogen) atoms. The van der Waals surface area contributed by atoms with E-state index < -0.39 is 0 Å². The fourth-order valence-electron chi connectivity index (χ4n) is 5.27. The first-order chi connectivity index (χ1) is 19.0. The van der Waals surface area contributed by atoms with Gasteiger partial charge in [-0.3, -0.25) is 14.6 Å². The molecule has 0 saturated heterocycles. The number of aromatic nitrogens is 7. The van der Waals surface area contributed by atoms with Gasteiger partial charge < -0.3 is 15.2 Å². The van der Waals surface area contributed by atoms with Gasteiger partial charge in [0.25, 0.3) is 5.91 Å². The first-order valence-corrected chi connectivity index (χ1v) is 12.6. The van der Waals surface area contributed by atoms with Crippen LogP contribution < -0.4 is 10.2 Å². The highest BCUT2D eigenvalue weighted by Gasteiger charge is 2.32. The zero-order valence-corrected chi connectivity index (χ0v) is 21.6. The normalized spacial score (nSPS) is 12.9. The number of H-pyrrole nitrogens is 2. The Kier molecular flexibility index (Phi) is 5.09. The van der Waals surface area contributed by atoms with Crippen molar-refractivity contribution in [1.82, 2.24) is 34.9 Å². The molecule has 0 spiro atoms. The van der Waals surface area contributed by atoms with E-state index in [1.54, 1.807) is 17.1 Å². The monoisotopic (exact) mass is 515 g/mol. The summed E-state index contributed by atoms with van der Waals surface area (Å²) in [6.07, 6.45) is 7.31. The highest BCUT2D eigenvalue weighted by molar-refractivity contribution is 6.17. The maximum Gasteiger partial charge on any atom is 0.259 e. The highest BCUT2D eigenvalue weighted by atomic mass is 16.2. The molecule has 0 saturated carbocycles. The van der Waals surface area contributed by atoms with Crippen molar-refractivity contribution in [2.45, 2.75) is 20.4 Å². The summed E-state index contributed by atoms with van der Waals surface area (Å²) in [5.74, 6) is 1.13. The first kappa shape index (κ1) is 22.9. The maximum absolute atomic E-state index is 13.8. The zero-order chi connectivity index (χ0) is 26.7. The Balaban J connectivity index is 1.27. The average Bonchev–Trinajstić information content (AvgIpc) is 3.73. The fourth-order valence-corrected chi connectivity index (χ4v) is 5.27. The number of aromatic amines is 2. The van der Waals surface area contributed by atoms with Gasteiger partial charge in [0.1, 0.15) is 0 Å². The molecule has 3 N–H and O–H groups in total. The molecular weight excluding hydrogens is 490 g/mol. The SMILES string of the molecule is Cc1cnc(Nc2cc(C)n(C)n2)nc1-c1c[nH]c2c(N3Cc4cccc(-c5cn[nH]c5)c4C3=O)cccc12. The van der Waals surface area contributed by atoms with Crippen molar-refractivity contribution in [2.75, 3.05) is 10.2 Å². The van der Waals surface area contributed by atoms with Crippen LogP contribution in [0.15, 0.2) is 67.3 Å². The summed E-state index contributed by atoms with van der Waals surface area (Å²) < 4.78 is 1.80. The molecular formula is C29H25N9O. The molecule has 2 aromatic carbocycles. The summed E-state index contributed by atoms with van der Waals surface area (Å²) in [4.78, 5) is 28.3. The zero-order valence-electron chi connectivity index (χ0n) is 21.6. The second kappa shape index (κ2) is 8.66. The van der Waals surface area contributed by atoms with Crippen molar-refractivity contribution in [3.63, 3.8) is 0 Å². The lowest BCUT2D eigenvalue weighted by Gasteiger charge is -2.17. The summed E-state index contributed by atoms with van der Waals surface area (Å²) in [5.41, 5.74) is 8.92. The largest absolute Gasteiger partial charge is 0.359 e. The average molecular weight is 516 g/mol. The van der Waals surface area contributed by atoms with Gasteiger partial charge in [-0.25, -0.2) is 9.97 Å². The molecule has 0 radical (unpaired) electrons. The number of benzene rings is 2. The van der Waals surface area contributed by atoms with Gasteiger partial charge in [0.2, 0.25) is 5.95 Å². The van der Waals surface area contributed by atoms with Crippen molar-refractivity contribution in [3.8, 4) is 22.4 Å². The van der Waals surface area contributed by atoms with Crippen LogP contribution in [0, 0.1) is 13.8 Å². The first-order valence-electron chi connectivity index (χ1n) is 12.6. The van der Waals surface area contributed by atoms with Crippen molar-refractivity contribution >= 4 is 34.3 Å². The molecule has 0 bridgehead atoms. The number of rotatable bonds is 5. The molecule has 4 aromatic heterocycles. The number of para-hydroxylation sites is 1. The number of hydrogen-bond acceptors (Lipinski definition) is 6. The molecule has 1 aliphatic rings. The number of carbonyl (C=O) groups excluding carboxylic acids is 1. The molecule has 10 heteroatoms. The van der Waals surface area contributed by atoms with E-state index in [-0.39, 0.29) is 5.91 Å². The van der Waals surface area contributed by atoms with Crippen LogP contribution in [-0.4, -0.2) is 40.8 Å². The van der Waals surface area contributed by atoms with Crippen LogP contribution in [0.5, 0.6) is 0 Å². The fraction of sp³-hybridized carbons (Fsp3) is 0.138. The Morgan fingerprint density at radius 2 is 1.90 bits per heavy atom. The van der Waals surface area contributed by atoms with Crippen LogP contribution in [-0.2, 0) is 13.6 Å². The lowest BCUT2D eigenvalue weighted by atomic mass is 9.99. The minimum absolute atomic E-state index is 0.0270. The number of fused-ring (bicyclic) bond motifs is 2. The molecule has 1 amide bonds. The minimum atomic E-state index is -0.0270. The smallest absolute Gasteiger partial charge is 0.259 e. The predicted octanol–water partition coefficient (Wildman–Crippen LogP) is 5.27. The van der Waals surface area contributed by atoms with Gasteiger partial charge >= 0.3 is 0 Å². The Labute approximate surface area is 223 Å². The molecule has 0 unspecified atom stereocenters. The minimum Gasteiger partial charge on any atom is -0.359 e. The lowest BCUT2D eigenvalue weighted by molar-refractivity contribution is 0.0997. The summed E-state index contributed by atoms with van der Waals surface area (Å²) >= 11 is 0. The van der Waals surface area contributed by atoms with Crippen molar-refractivity contribution in [3.05, 3.63) is 89.6 Å². The quantitative estimate of drug-likeness (QED) is 0.288. The van der Waals surface area contributed by atoms with Crippen LogP contribution in [0.3, 0.4) is 0 Å². The van der Waals surface area contributed by atoms with E-state index in [1.807, 2.05) is 80.7 Å². The van der Waals surface area contributed by atoms with Gasteiger partial charge in [0.15, 0.2) is 5.82 Å². The van der Waals surface area contributed by atoms with E-state index in [4.69, 9.17) is 4.98 Å². The van der Waals surface area contributed by atoms with Gasteiger partial charge in [-0.05, 0) is 36.6 Å². The summed E-state index contributed by atoms with van der Waals surface area (Å²) in [5, 5.41) is 15.5. The summed E-state index contributed by atoms with van der Waals surface area (Å²) in [6.45, 7) is 4.48. The van der Waals surface area contributed by atoms with Gasteiger partial charge in [0.05, 0.1) is 35.2 Å². The molecule has 0 aliphatic carbocycles. The second-order valence-corrected chi connectivity index (χ2v) is 9.76. The third-order valence-electron chi connectivity index (χ3n) is 7.31. The number of nitrogens with zero attached hydrogens (tertiary/aromatic N) is 6. The van der Waals surface area contributed by atoms with Gasteiger partial charge in [-0.15, -0.1) is 0 Å². The maximum atomic E-state index is 13.8. The standard InChI is InChI=1S/C29H25N9O/c1-16-11-31-29(34-24-10-17(2)37(3)36-24)35-26(16)22-14-30-27-21(22)8-5-9-23(27)38-15-18-6-4-7-20(25(18)28(38)39)19-12-32-33-13-19/h4-14,30H,15H2,1-3H3,(H,32,33)(H,31,34,35,36). The number of anilines is 3.